The Labute approximate surface area is 93.6 Å². The van der Waals surface area contributed by atoms with Crippen molar-refractivity contribution in [2.24, 2.45) is 0 Å². The molecule has 0 aliphatic carbocycles. The zero-order valence-electron chi connectivity index (χ0n) is 8.54. The van der Waals surface area contributed by atoms with E-state index in [4.69, 9.17) is 11.6 Å². The molecule has 0 unspecified atom stereocenters. The van der Waals surface area contributed by atoms with E-state index < -0.39 is 0 Å². The lowest BCUT2D eigenvalue weighted by molar-refractivity contribution is 0.0774. The molecular formula is C11H13ClFNO. The van der Waals surface area contributed by atoms with Crippen molar-refractivity contribution < 1.29 is 9.18 Å². The average Bonchev–Trinajstić information content (AvgIpc) is 2.26. The minimum absolute atomic E-state index is 0.113. The Morgan fingerprint density at radius 3 is 2.47 bits per heavy atom. The van der Waals surface area contributed by atoms with Crippen molar-refractivity contribution in [2.75, 3.05) is 19.0 Å². The molecule has 0 bridgehead atoms. The molecule has 1 rings (SSSR count). The Morgan fingerprint density at radius 2 is 2.00 bits per heavy atom. The molecule has 2 nitrogen and oxygen atoms in total. The Balaban J connectivity index is 2.78. The molecule has 0 saturated carbocycles. The summed E-state index contributed by atoms with van der Waals surface area (Å²) >= 11 is 5.58. The number of carbonyl (C=O) groups excluding carboxylic acids is 1. The van der Waals surface area contributed by atoms with E-state index in [1.807, 2.05) is 6.92 Å². The smallest absolute Gasteiger partial charge is 0.253 e. The summed E-state index contributed by atoms with van der Waals surface area (Å²) in [6, 6.07) is 5.52. The number of hydrogen-bond acceptors (Lipinski definition) is 1. The van der Waals surface area contributed by atoms with Gasteiger partial charge in [-0.25, -0.2) is 4.39 Å². The second kappa shape index (κ2) is 5.71. The number of amides is 1. The summed E-state index contributed by atoms with van der Waals surface area (Å²) in [6.07, 6.45) is 0. The molecule has 0 saturated heterocycles. The second-order valence-electron chi connectivity index (χ2n) is 3.08. The van der Waals surface area contributed by atoms with Crippen LogP contribution in [-0.2, 0) is 0 Å². The number of alkyl halides is 1. The predicted molar refractivity (Wildman–Crippen MR) is 58.7 cm³/mol. The van der Waals surface area contributed by atoms with E-state index in [0.717, 1.165) is 0 Å². The molecule has 0 fully saturated rings. The van der Waals surface area contributed by atoms with Crippen molar-refractivity contribution in [3.63, 3.8) is 0 Å². The largest absolute Gasteiger partial charge is 0.338 e. The van der Waals surface area contributed by atoms with E-state index in [0.29, 0.717) is 24.5 Å². The van der Waals surface area contributed by atoms with Gasteiger partial charge in [-0.3, -0.25) is 4.79 Å². The van der Waals surface area contributed by atoms with E-state index in [-0.39, 0.29) is 11.7 Å². The van der Waals surface area contributed by atoms with Gasteiger partial charge in [-0.15, -0.1) is 11.6 Å². The van der Waals surface area contributed by atoms with Gasteiger partial charge in [0.1, 0.15) is 5.82 Å². The number of rotatable bonds is 4. The molecule has 0 atom stereocenters. The maximum Gasteiger partial charge on any atom is 0.253 e. The van der Waals surface area contributed by atoms with Crippen LogP contribution < -0.4 is 0 Å². The topological polar surface area (TPSA) is 20.3 Å². The van der Waals surface area contributed by atoms with E-state index in [9.17, 15) is 9.18 Å². The first-order valence-corrected chi connectivity index (χ1v) is 5.33. The van der Waals surface area contributed by atoms with Gasteiger partial charge in [0.15, 0.2) is 0 Å². The highest BCUT2D eigenvalue weighted by Crippen LogP contribution is 2.06. The first kappa shape index (κ1) is 12.0. The number of nitrogens with zero attached hydrogens (tertiary/aromatic N) is 1. The fourth-order valence-corrected chi connectivity index (χ4v) is 1.48. The van der Waals surface area contributed by atoms with Gasteiger partial charge in [0.2, 0.25) is 0 Å². The minimum atomic E-state index is -0.341. The summed E-state index contributed by atoms with van der Waals surface area (Å²) in [6.45, 7) is 2.99. The van der Waals surface area contributed by atoms with Crippen LogP contribution in [-0.4, -0.2) is 29.8 Å². The number of benzene rings is 1. The summed E-state index contributed by atoms with van der Waals surface area (Å²) in [4.78, 5) is 13.4. The fourth-order valence-electron chi connectivity index (χ4n) is 1.28. The SMILES string of the molecule is CCN(CCCl)C(=O)c1ccc(F)cc1. The molecule has 4 heteroatoms. The Hall–Kier alpha value is -1.09. The first-order valence-electron chi connectivity index (χ1n) is 4.79. The molecule has 1 aromatic rings. The molecule has 82 valence electrons. The maximum atomic E-state index is 12.6. The third-order valence-electron chi connectivity index (χ3n) is 2.11. The normalized spacial score (nSPS) is 10.1. The van der Waals surface area contributed by atoms with Crippen LogP contribution in [0.2, 0.25) is 0 Å². The van der Waals surface area contributed by atoms with Crippen LogP contribution in [0.4, 0.5) is 4.39 Å². The zero-order valence-corrected chi connectivity index (χ0v) is 9.30. The first-order chi connectivity index (χ1) is 7.19. The highest BCUT2D eigenvalue weighted by atomic mass is 35.5. The van der Waals surface area contributed by atoms with Crippen molar-refractivity contribution in [1.82, 2.24) is 4.90 Å². The highest BCUT2D eigenvalue weighted by Gasteiger charge is 2.12. The summed E-state index contributed by atoms with van der Waals surface area (Å²) in [5.74, 6) is -0.0501. The summed E-state index contributed by atoms with van der Waals surface area (Å²) in [5.41, 5.74) is 0.489. The standard InChI is InChI=1S/C11H13ClFNO/c1-2-14(8-7-12)11(15)9-3-5-10(13)6-4-9/h3-6H,2,7-8H2,1H3. The molecule has 1 aromatic carbocycles. The van der Waals surface area contributed by atoms with Crippen LogP contribution in [0.1, 0.15) is 17.3 Å². The molecule has 0 aromatic heterocycles. The Bertz CT molecular complexity index is 326. The van der Waals surface area contributed by atoms with Gasteiger partial charge >= 0.3 is 0 Å². The molecule has 15 heavy (non-hydrogen) atoms. The third kappa shape index (κ3) is 3.20. The maximum absolute atomic E-state index is 12.6. The summed E-state index contributed by atoms with van der Waals surface area (Å²) in [7, 11) is 0. The highest BCUT2D eigenvalue weighted by molar-refractivity contribution is 6.18. The molecule has 0 N–H and O–H groups in total. The Kier molecular flexibility index (Phi) is 4.56. The zero-order chi connectivity index (χ0) is 11.3. The molecule has 0 aliphatic rings. The number of hydrogen-bond donors (Lipinski definition) is 0. The van der Waals surface area contributed by atoms with Crippen molar-refractivity contribution in [1.29, 1.82) is 0 Å². The lowest BCUT2D eigenvalue weighted by Gasteiger charge is -2.19. The van der Waals surface area contributed by atoms with Crippen LogP contribution in [0.15, 0.2) is 24.3 Å². The summed E-state index contributed by atoms with van der Waals surface area (Å²) < 4.78 is 12.6. The van der Waals surface area contributed by atoms with Crippen LogP contribution in [0.25, 0.3) is 0 Å². The molecular weight excluding hydrogens is 217 g/mol. The number of halogens is 2. The van der Waals surface area contributed by atoms with Gasteiger partial charge in [0.25, 0.3) is 5.91 Å². The van der Waals surface area contributed by atoms with Crippen molar-refractivity contribution in [3.8, 4) is 0 Å². The van der Waals surface area contributed by atoms with E-state index >= 15 is 0 Å². The molecule has 0 heterocycles. The van der Waals surface area contributed by atoms with Crippen LogP contribution in [0.5, 0.6) is 0 Å². The van der Waals surface area contributed by atoms with Gasteiger partial charge in [-0.2, -0.15) is 0 Å². The second-order valence-corrected chi connectivity index (χ2v) is 3.46. The average molecular weight is 230 g/mol. The third-order valence-corrected chi connectivity index (χ3v) is 2.28. The van der Waals surface area contributed by atoms with Crippen LogP contribution >= 0.6 is 11.6 Å². The lowest BCUT2D eigenvalue weighted by atomic mass is 10.2. The van der Waals surface area contributed by atoms with Crippen LogP contribution in [0.3, 0.4) is 0 Å². The van der Waals surface area contributed by atoms with Gasteiger partial charge in [-0.05, 0) is 31.2 Å². The van der Waals surface area contributed by atoms with Gasteiger partial charge in [-0.1, -0.05) is 0 Å². The number of carbonyl (C=O) groups is 1. The summed E-state index contributed by atoms with van der Waals surface area (Å²) in [5, 5.41) is 0. The Morgan fingerprint density at radius 1 is 1.40 bits per heavy atom. The van der Waals surface area contributed by atoms with E-state index in [2.05, 4.69) is 0 Å². The molecule has 0 spiro atoms. The van der Waals surface area contributed by atoms with Gasteiger partial charge in [0, 0.05) is 24.5 Å². The van der Waals surface area contributed by atoms with Crippen molar-refractivity contribution >= 4 is 17.5 Å². The minimum Gasteiger partial charge on any atom is -0.338 e. The monoisotopic (exact) mass is 229 g/mol. The van der Waals surface area contributed by atoms with E-state index in [1.54, 1.807) is 4.90 Å². The lowest BCUT2D eigenvalue weighted by Crippen LogP contribution is -2.32. The van der Waals surface area contributed by atoms with Crippen LogP contribution in [0, 0.1) is 5.82 Å². The van der Waals surface area contributed by atoms with Crippen molar-refractivity contribution in [2.45, 2.75) is 6.92 Å². The van der Waals surface area contributed by atoms with Crippen molar-refractivity contribution in [3.05, 3.63) is 35.6 Å². The van der Waals surface area contributed by atoms with Gasteiger partial charge in [0.05, 0.1) is 0 Å². The molecule has 0 aliphatic heterocycles. The quantitative estimate of drug-likeness (QED) is 0.727. The predicted octanol–water partition coefficient (Wildman–Crippen LogP) is 2.53. The van der Waals surface area contributed by atoms with Gasteiger partial charge < -0.3 is 4.90 Å². The molecule has 0 radical (unpaired) electrons. The fraction of sp³-hybridized carbons (Fsp3) is 0.364. The van der Waals surface area contributed by atoms with E-state index in [1.165, 1.54) is 24.3 Å². The molecule has 1 amide bonds.